The zero-order valence-electron chi connectivity index (χ0n) is 14.9. The Morgan fingerprint density at radius 2 is 2.00 bits per heavy atom. The highest BCUT2D eigenvalue weighted by molar-refractivity contribution is 6.33. The lowest BCUT2D eigenvalue weighted by Crippen LogP contribution is -2.27. The minimum atomic E-state index is -0.257. The summed E-state index contributed by atoms with van der Waals surface area (Å²) in [5.74, 6) is -0.478. The zero-order valence-corrected chi connectivity index (χ0v) is 15.7. The van der Waals surface area contributed by atoms with E-state index in [1.54, 1.807) is 36.4 Å². The van der Waals surface area contributed by atoms with Gasteiger partial charge >= 0.3 is 0 Å². The van der Waals surface area contributed by atoms with Gasteiger partial charge in [0.2, 0.25) is 5.91 Å². The lowest BCUT2D eigenvalue weighted by molar-refractivity contribution is -0.116. The molecule has 0 atom stereocenters. The average molecular weight is 386 g/mol. The van der Waals surface area contributed by atoms with Crippen LogP contribution in [0.25, 0.3) is 11.0 Å². The second-order valence-electron chi connectivity index (χ2n) is 6.05. The number of nitrogens with one attached hydrogen (secondary N) is 2. The number of carbonyl (C=O) groups is 2. The molecule has 0 aliphatic heterocycles. The maximum Gasteiger partial charge on any atom is 0.251 e. The number of anilines is 1. The predicted molar refractivity (Wildman–Crippen MR) is 105 cm³/mol. The highest BCUT2D eigenvalue weighted by atomic mass is 35.5. The molecule has 0 spiro atoms. The largest absolute Gasteiger partial charge is 0.352 e. The van der Waals surface area contributed by atoms with Gasteiger partial charge in [-0.05, 0) is 36.8 Å². The van der Waals surface area contributed by atoms with Gasteiger partial charge in [-0.15, -0.1) is 5.10 Å². The second-order valence-corrected chi connectivity index (χ2v) is 6.46. The topological polar surface area (TPSA) is 88.9 Å². The Morgan fingerprint density at radius 1 is 1.19 bits per heavy atom. The van der Waals surface area contributed by atoms with Gasteiger partial charge in [-0.3, -0.25) is 9.59 Å². The van der Waals surface area contributed by atoms with E-state index in [1.807, 2.05) is 10.7 Å². The van der Waals surface area contributed by atoms with E-state index in [0.717, 1.165) is 18.5 Å². The van der Waals surface area contributed by atoms with Crippen LogP contribution in [0, 0.1) is 0 Å². The molecule has 140 valence electrons. The summed E-state index contributed by atoms with van der Waals surface area (Å²) >= 11 is 6.00. The molecule has 3 rings (SSSR count). The summed E-state index contributed by atoms with van der Waals surface area (Å²) in [7, 11) is 0. The zero-order chi connectivity index (χ0) is 19.2. The van der Waals surface area contributed by atoms with Gasteiger partial charge in [-0.25, -0.2) is 4.68 Å². The third kappa shape index (κ3) is 4.62. The molecular formula is C19H20ClN5O2. The fourth-order valence-corrected chi connectivity index (χ4v) is 2.84. The number of nitrogens with zero attached hydrogens (tertiary/aromatic N) is 3. The molecule has 0 saturated heterocycles. The fourth-order valence-electron chi connectivity index (χ4n) is 2.66. The Kier molecular flexibility index (Phi) is 6.03. The van der Waals surface area contributed by atoms with E-state index in [9.17, 15) is 9.59 Å². The van der Waals surface area contributed by atoms with E-state index in [1.165, 1.54) is 0 Å². The monoisotopic (exact) mass is 385 g/mol. The van der Waals surface area contributed by atoms with Crippen molar-refractivity contribution in [2.45, 2.75) is 26.3 Å². The molecule has 0 aliphatic rings. The summed E-state index contributed by atoms with van der Waals surface area (Å²) in [5.41, 5.74) is 2.61. The minimum Gasteiger partial charge on any atom is -0.352 e. The Balaban J connectivity index is 1.54. The standard InChI is InChI=1S/C19H20ClN5O2/c1-2-11-25-17-8-7-13(12-16(17)23-24-25)19(27)21-10-9-18(26)22-15-6-4-3-5-14(15)20/h3-8,12H,2,9-11H2,1H3,(H,21,27)(H,22,26). The quantitative estimate of drug-likeness (QED) is 0.653. The molecule has 0 aliphatic carbocycles. The number of rotatable bonds is 7. The number of carbonyl (C=O) groups excluding carboxylic acids is 2. The number of aryl methyl sites for hydroxylation is 1. The van der Waals surface area contributed by atoms with Crippen molar-refractivity contribution in [3.8, 4) is 0 Å². The highest BCUT2D eigenvalue weighted by Gasteiger charge is 2.11. The molecule has 2 N–H and O–H groups in total. The van der Waals surface area contributed by atoms with E-state index >= 15 is 0 Å². The first-order valence-electron chi connectivity index (χ1n) is 8.74. The Labute approximate surface area is 161 Å². The molecule has 2 amide bonds. The molecular weight excluding hydrogens is 366 g/mol. The van der Waals surface area contributed by atoms with Crippen molar-refractivity contribution in [3.05, 3.63) is 53.1 Å². The molecule has 0 unspecified atom stereocenters. The van der Waals surface area contributed by atoms with Gasteiger partial charge in [-0.2, -0.15) is 0 Å². The van der Waals surface area contributed by atoms with Crippen molar-refractivity contribution < 1.29 is 9.59 Å². The number of hydrogen-bond acceptors (Lipinski definition) is 4. The molecule has 8 heteroatoms. The summed E-state index contributed by atoms with van der Waals surface area (Å²) in [6.45, 7) is 3.06. The molecule has 27 heavy (non-hydrogen) atoms. The van der Waals surface area contributed by atoms with E-state index < -0.39 is 0 Å². The first-order valence-corrected chi connectivity index (χ1v) is 9.12. The van der Waals surface area contributed by atoms with Gasteiger partial charge in [0.05, 0.1) is 16.2 Å². The molecule has 0 radical (unpaired) electrons. The van der Waals surface area contributed by atoms with Crippen LogP contribution in [0.2, 0.25) is 5.02 Å². The maximum absolute atomic E-state index is 12.3. The van der Waals surface area contributed by atoms with Crippen LogP contribution < -0.4 is 10.6 Å². The summed E-state index contributed by atoms with van der Waals surface area (Å²) in [5, 5.41) is 14.1. The van der Waals surface area contributed by atoms with E-state index in [-0.39, 0.29) is 24.8 Å². The van der Waals surface area contributed by atoms with Crippen molar-refractivity contribution in [2.75, 3.05) is 11.9 Å². The number of aromatic nitrogens is 3. The lowest BCUT2D eigenvalue weighted by atomic mass is 10.2. The Bertz CT molecular complexity index is 970. The molecule has 0 fully saturated rings. The molecule has 7 nitrogen and oxygen atoms in total. The summed E-state index contributed by atoms with van der Waals surface area (Å²) in [6.07, 6.45) is 1.10. The number of para-hydroxylation sites is 1. The Hall–Kier alpha value is -2.93. The van der Waals surface area contributed by atoms with Crippen LogP contribution in [-0.4, -0.2) is 33.4 Å². The van der Waals surface area contributed by atoms with Gasteiger partial charge < -0.3 is 10.6 Å². The third-order valence-corrected chi connectivity index (χ3v) is 4.33. The summed E-state index contributed by atoms with van der Waals surface area (Å²) in [4.78, 5) is 24.3. The van der Waals surface area contributed by atoms with Crippen molar-refractivity contribution in [1.82, 2.24) is 20.3 Å². The number of fused-ring (bicyclic) bond motifs is 1. The van der Waals surface area contributed by atoms with Gasteiger partial charge in [0.15, 0.2) is 0 Å². The smallest absolute Gasteiger partial charge is 0.251 e. The van der Waals surface area contributed by atoms with E-state index in [4.69, 9.17) is 11.6 Å². The first-order chi connectivity index (χ1) is 13.1. The Morgan fingerprint density at radius 3 is 2.78 bits per heavy atom. The normalized spacial score (nSPS) is 10.7. The molecule has 2 aromatic carbocycles. The van der Waals surface area contributed by atoms with Crippen LogP contribution in [-0.2, 0) is 11.3 Å². The van der Waals surface area contributed by atoms with E-state index in [2.05, 4.69) is 27.9 Å². The van der Waals surface area contributed by atoms with Gasteiger partial charge in [0, 0.05) is 25.1 Å². The average Bonchev–Trinajstić information content (AvgIpc) is 3.06. The van der Waals surface area contributed by atoms with E-state index in [0.29, 0.717) is 21.8 Å². The second kappa shape index (κ2) is 8.64. The highest BCUT2D eigenvalue weighted by Crippen LogP contribution is 2.20. The fraction of sp³-hybridized carbons (Fsp3) is 0.263. The minimum absolute atomic E-state index is 0.145. The van der Waals surface area contributed by atoms with Crippen molar-refractivity contribution in [3.63, 3.8) is 0 Å². The van der Waals surface area contributed by atoms with Crippen molar-refractivity contribution in [1.29, 1.82) is 0 Å². The number of hydrogen-bond donors (Lipinski definition) is 2. The number of halogens is 1. The molecule has 3 aromatic rings. The van der Waals surface area contributed by atoms with Crippen LogP contribution in [0.5, 0.6) is 0 Å². The molecule has 0 saturated carbocycles. The number of benzene rings is 2. The van der Waals surface area contributed by atoms with Crippen LogP contribution >= 0.6 is 11.6 Å². The SMILES string of the molecule is CCCn1nnc2cc(C(=O)NCCC(=O)Nc3ccccc3Cl)ccc21. The number of amides is 2. The van der Waals surface area contributed by atoms with Crippen molar-refractivity contribution in [2.24, 2.45) is 0 Å². The molecule has 1 aromatic heterocycles. The van der Waals surface area contributed by atoms with Gasteiger partial charge in [-0.1, -0.05) is 35.9 Å². The van der Waals surface area contributed by atoms with Crippen LogP contribution in [0.1, 0.15) is 30.1 Å². The maximum atomic E-state index is 12.3. The molecule has 0 bridgehead atoms. The van der Waals surface area contributed by atoms with Gasteiger partial charge in [0.1, 0.15) is 5.52 Å². The summed E-state index contributed by atoms with van der Waals surface area (Å²) < 4.78 is 1.82. The van der Waals surface area contributed by atoms with Gasteiger partial charge in [0.25, 0.3) is 5.91 Å². The first kappa shape index (κ1) is 18.8. The van der Waals surface area contributed by atoms with Crippen LogP contribution in [0.3, 0.4) is 0 Å². The lowest BCUT2D eigenvalue weighted by Gasteiger charge is -2.08. The third-order valence-electron chi connectivity index (χ3n) is 4.00. The summed E-state index contributed by atoms with van der Waals surface area (Å²) in [6, 6.07) is 12.3. The van der Waals surface area contributed by atoms with Crippen LogP contribution in [0.15, 0.2) is 42.5 Å². The predicted octanol–water partition coefficient (Wildman–Crippen LogP) is 3.25. The molecule has 1 heterocycles. The van der Waals surface area contributed by atoms with Crippen LogP contribution in [0.4, 0.5) is 5.69 Å². The van der Waals surface area contributed by atoms with Crippen molar-refractivity contribution >= 4 is 40.1 Å².